The highest BCUT2D eigenvalue weighted by molar-refractivity contribution is 5.87. The molecule has 1 fully saturated rings. The van der Waals surface area contributed by atoms with Gasteiger partial charge in [0.1, 0.15) is 6.04 Å². The predicted octanol–water partition coefficient (Wildman–Crippen LogP) is 0.757. The molecule has 2 amide bonds. The SMILES string of the molecule is CCCNC(=O)CCC(=O)N(C1CC1)C(C)C(=O)O. The van der Waals surface area contributed by atoms with Gasteiger partial charge in [-0.25, -0.2) is 4.79 Å². The number of carbonyl (C=O) groups is 3. The van der Waals surface area contributed by atoms with Crippen LogP contribution in [0.5, 0.6) is 0 Å². The summed E-state index contributed by atoms with van der Waals surface area (Å²) < 4.78 is 0. The Balaban J connectivity index is 2.45. The van der Waals surface area contributed by atoms with E-state index in [0.717, 1.165) is 19.3 Å². The van der Waals surface area contributed by atoms with Crippen LogP contribution in [0.1, 0.15) is 46.0 Å². The average molecular weight is 270 g/mol. The zero-order valence-corrected chi connectivity index (χ0v) is 11.5. The standard InChI is InChI=1S/C13H22N2O4/c1-3-8-14-11(16)6-7-12(17)15(10-4-5-10)9(2)13(18)19/h9-10H,3-8H2,1-2H3,(H,14,16)(H,18,19). The van der Waals surface area contributed by atoms with E-state index in [1.54, 1.807) is 0 Å². The van der Waals surface area contributed by atoms with Gasteiger partial charge in [0.25, 0.3) is 0 Å². The van der Waals surface area contributed by atoms with E-state index >= 15 is 0 Å². The number of carboxylic acids is 1. The van der Waals surface area contributed by atoms with Crippen LogP contribution in [0.3, 0.4) is 0 Å². The smallest absolute Gasteiger partial charge is 0.326 e. The molecular weight excluding hydrogens is 248 g/mol. The van der Waals surface area contributed by atoms with Crippen LogP contribution in [0.25, 0.3) is 0 Å². The highest BCUT2D eigenvalue weighted by Gasteiger charge is 2.38. The van der Waals surface area contributed by atoms with Crippen LogP contribution >= 0.6 is 0 Å². The lowest BCUT2D eigenvalue weighted by Gasteiger charge is -2.26. The highest BCUT2D eigenvalue weighted by Crippen LogP contribution is 2.29. The van der Waals surface area contributed by atoms with Gasteiger partial charge in [0.05, 0.1) is 0 Å². The van der Waals surface area contributed by atoms with E-state index in [4.69, 9.17) is 5.11 Å². The maximum atomic E-state index is 12.0. The third-order valence-electron chi connectivity index (χ3n) is 3.14. The van der Waals surface area contributed by atoms with Gasteiger partial charge >= 0.3 is 5.97 Å². The molecule has 1 atom stereocenters. The van der Waals surface area contributed by atoms with Crippen LogP contribution in [0.4, 0.5) is 0 Å². The number of nitrogens with zero attached hydrogens (tertiary/aromatic N) is 1. The average Bonchev–Trinajstić information content (AvgIpc) is 3.18. The van der Waals surface area contributed by atoms with Crippen molar-refractivity contribution in [2.75, 3.05) is 6.54 Å². The third-order valence-corrected chi connectivity index (χ3v) is 3.14. The van der Waals surface area contributed by atoms with Crippen molar-refractivity contribution in [3.8, 4) is 0 Å². The predicted molar refractivity (Wildman–Crippen MR) is 69.5 cm³/mol. The molecule has 1 aliphatic rings. The van der Waals surface area contributed by atoms with Gasteiger partial charge in [0, 0.05) is 25.4 Å². The number of hydrogen-bond acceptors (Lipinski definition) is 3. The van der Waals surface area contributed by atoms with Crippen LogP contribution in [0.15, 0.2) is 0 Å². The van der Waals surface area contributed by atoms with Crippen molar-refractivity contribution >= 4 is 17.8 Å². The first-order chi connectivity index (χ1) is 8.97. The second-order valence-corrected chi connectivity index (χ2v) is 4.90. The minimum atomic E-state index is -1.00. The molecule has 1 saturated carbocycles. The van der Waals surface area contributed by atoms with Gasteiger partial charge in [-0.1, -0.05) is 6.92 Å². The second kappa shape index (κ2) is 7.11. The number of carbonyl (C=O) groups excluding carboxylic acids is 2. The molecule has 2 N–H and O–H groups in total. The summed E-state index contributed by atoms with van der Waals surface area (Å²) in [6.45, 7) is 4.06. The van der Waals surface area contributed by atoms with E-state index in [0.29, 0.717) is 6.54 Å². The number of nitrogens with one attached hydrogen (secondary N) is 1. The summed E-state index contributed by atoms with van der Waals surface area (Å²) in [5.74, 6) is -1.41. The van der Waals surface area contributed by atoms with Gasteiger partial charge in [-0.2, -0.15) is 0 Å². The summed E-state index contributed by atoms with van der Waals surface area (Å²) >= 11 is 0. The number of amides is 2. The third kappa shape index (κ3) is 4.89. The Morgan fingerprint density at radius 1 is 1.32 bits per heavy atom. The lowest BCUT2D eigenvalue weighted by Crippen LogP contribution is -2.45. The molecule has 0 aromatic carbocycles. The molecule has 0 heterocycles. The Labute approximate surface area is 113 Å². The van der Waals surface area contributed by atoms with Gasteiger partial charge in [-0.3, -0.25) is 9.59 Å². The summed E-state index contributed by atoms with van der Waals surface area (Å²) in [5, 5.41) is 11.7. The summed E-state index contributed by atoms with van der Waals surface area (Å²) in [6, 6.07) is -0.781. The number of carboxylic acid groups (broad SMARTS) is 1. The number of rotatable bonds is 8. The molecular formula is C13H22N2O4. The van der Waals surface area contributed by atoms with Crippen molar-refractivity contribution in [3.05, 3.63) is 0 Å². The Kier molecular flexibility index (Phi) is 5.79. The highest BCUT2D eigenvalue weighted by atomic mass is 16.4. The monoisotopic (exact) mass is 270 g/mol. The fourth-order valence-electron chi connectivity index (χ4n) is 1.91. The molecule has 0 spiro atoms. The van der Waals surface area contributed by atoms with Crippen molar-refractivity contribution in [1.29, 1.82) is 0 Å². The van der Waals surface area contributed by atoms with Gasteiger partial charge in [-0.15, -0.1) is 0 Å². The summed E-state index contributed by atoms with van der Waals surface area (Å²) in [7, 11) is 0. The second-order valence-electron chi connectivity index (χ2n) is 4.90. The van der Waals surface area contributed by atoms with E-state index in [1.807, 2.05) is 6.92 Å². The first kappa shape index (κ1) is 15.5. The fourth-order valence-corrected chi connectivity index (χ4v) is 1.91. The van der Waals surface area contributed by atoms with Gasteiger partial charge < -0.3 is 15.3 Å². The van der Waals surface area contributed by atoms with Crippen LogP contribution in [-0.4, -0.2) is 46.4 Å². The topological polar surface area (TPSA) is 86.7 Å². The summed E-state index contributed by atoms with van der Waals surface area (Å²) in [5.41, 5.74) is 0. The lowest BCUT2D eigenvalue weighted by molar-refractivity contribution is -0.150. The molecule has 0 radical (unpaired) electrons. The summed E-state index contributed by atoms with van der Waals surface area (Å²) in [4.78, 5) is 35.8. The van der Waals surface area contributed by atoms with E-state index in [9.17, 15) is 14.4 Å². The molecule has 19 heavy (non-hydrogen) atoms. The van der Waals surface area contributed by atoms with E-state index in [-0.39, 0.29) is 30.7 Å². The Morgan fingerprint density at radius 2 is 1.95 bits per heavy atom. The molecule has 0 bridgehead atoms. The Morgan fingerprint density at radius 3 is 2.42 bits per heavy atom. The maximum Gasteiger partial charge on any atom is 0.326 e. The number of aliphatic carboxylic acids is 1. The molecule has 0 aliphatic heterocycles. The van der Waals surface area contributed by atoms with Crippen LogP contribution in [0, 0.1) is 0 Å². The normalized spacial score (nSPS) is 15.7. The zero-order chi connectivity index (χ0) is 14.4. The molecule has 0 aromatic rings. The fraction of sp³-hybridized carbons (Fsp3) is 0.769. The van der Waals surface area contributed by atoms with Crippen molar-refractivity contribution in [2.45, 2.75) is 58.0 Å². The molecule has 6 nitrogen and oxygen atoms in total. The van der Waals surface area contributed by atoms with E-state index < -0.39 is 12.0 Å². The van der Waals surface area contributed by atoms with E-state index in [1.165, 1.54) is 11.8 Å². The maximum absolute atomic E-state index is 12.0. The van der Waals surface area contributed by atoms with Crippen LogP contribution < -0.4 is 5.32 Å². The molecule has 108 valence electrons. The number of hydrogen-bond donors (Lipinski definition) is 2. The quantitative estimate of drug-likeness (QED) is 0.681. The first-order valence-electron chi connectivity index (χ1n) is 6.78. The van der Waals surface area contributed by atoms with Gasteiger partial charge in [0.2, 0.25) is 11.8 Å². The molecule has 0 saturated heterocycles. The minimum Gasteiger partial charge on any atom is -0.480 e. The molecule has 0 aromatic heterocycles. The van der Waals surface area contributed by atoms with Crippen LogP contribution in [0.2, 0.25) is 0 Å². The van der Waals surface area contributed by atoms with Crippen molar-refractivity contribution < 1.29 is 19.5 Å². The molecule has 1 rings (SSSR count). The zero-order valence-electron chi connectivity index (χ0n) is 11.5. The van der Waals surface area contributed by atoms with E-state index in [2.05, 4.69) is 5.32 Å². The van der Waals surface area contributed by atoms with Crippen molar-refractivity contribution in [2.24, 2.45) is 0 Å². The van der Waals surface area contributed by atoms with Crippen molar-refractivity contribution in [1.82, 2.24) is 10.2 Å². The molecule has 6 heteroatoms. The van der Waals surface area contributed by atoms with Gasteiger partial charge in [0.15, 0.2) is 0 Å². The Bertz CT molecular complexity index is 353. The molecule has 1 unspecified atom stereocenters. The minimum absolute atomic E-state index is 0.0392. The summed E-state index contributed by atoms with van der Waals surface area (Å²) in [6.07, 6.45) is 2.75. The van der Waals surface area contributed by atoms with Crippen molar-refractivity contribution in [3.63, 3.8) is 0 Å². The first-order valence-corrected chi connectivity index (χ1v) is 6.78. The van der Waals surface area contributed by atoms with Crippen LogP contribution in [-0.2, 0) is 14.4 Å². The van der Waals surface area contributed by atoms with Gasteiger partial charge in [-0.05, 0) is 26.2 Å². The molecule has 1 aliphatic carbocycles. The lowest BCUT2D eigenvalue weighted by atomic mass is 10.2. The Hall–Kier alpha value is -1.59. The largest absolute Gasteiger partial charge is 0.480 e.